The van der Waals surface area contributed by atoms with Crippen molar-refractivity contribution >= 4 is 55.4 Å². The van der Waals surface area contributed by atoms with Crippen LogP contribution in [0.4, 0.5) is 0 Å². The van der Waals surface area contributed by atoms with Gasteiger partial charge in [-0.25, -0.2) is 0 Å². The molecule has 2 aliphatic heterocycles. The number of fused-ring (bicyclic) bond motifs is 9. The van der Waals surface area contributed by atoms with E-state index in [9.17, 15) is 0 Å². The minimum absolute atomic E-state index is 0.588. The van der Waals surface area contributed by atoms with E-state index in [-0.39, 0.29) is 0 Å². The number of hydrogen-bond donors (Lipinski definition) is 0. The Morgan fingerprint density at radius 3 is 1.48 bits per heavy atom. The second kappa shape index (κ2) is 7.85. The first-order chi connectivity index (χ1) is 19.7. The van der Waals surface area contributed by atoms with Crippen LogP contribution in [0.5, 0.6) is 23.0 Å². The van der Waals surface area contributed by atoms with Gasteiger partial charge in [0.05, 0.1) is 10.6 Å². The summed E-state index contributed by atoms with van der Waals surface area (Å²) in [5.41, 5.74) is 2.04. The molecule has 0 amide bonds. The summed E-state index contributed by atoms with van der Waals surface area (Å²) in [6.07, 6.45) is 0. The number of benzene rings is 7. The Hall–Kier alpha value is -4.85. The van der Waals surface area contributed by atoms with Gasteiger partial charge in [0, 0.05) is 0 Å². The van der Waals surface area contributed by atoms with Crippen molar-refractivity contribution < 1.29 is 14.0 Å². The molecule has 0 bridgehead atoms. The minimum atomic E-state index is -3.42. The third-order valence-corrected chi connectivity index (χ3v) is 11.5. The standard InChI is InChI=1S/C36H21O3P/c37-40-34-28-13-5-2-9-23(28)16-18-30(34)38-32-20-25(27-15-7-11-22-8-1-4-12-26(22)27)21-33(36(32)40)39-31-19-17-24-10-3-6-14-29(24)35(31)40/h1-21H. The lowest BCUT2D eigenvalue weighted by atomic mass is 9.98. The highest BCUT2D eigenvalue weighted by molar-refractivity contribution is 7.87. The van der Waals surface area contributed by atoms with Gasteiger partial charge >= 0.3 is 0 Å². The van der Waals surface area contributed by atoms with Gasteiger partial charge < -0.3 is 14.0 Å². The first-order valence-electron chi connectivity index (χ1n) is 13.4. The lowest BCUT2D eigenvalue weighted by Gasteiger charge is -2.36. The molecule has 4 heteroatoms. The summed E-state index contributed by atoms with van der Waals surface area (Å²) in [6.45, 7) is 0. The lowest BCUT2D eigenvalue weighted by Crippen LogP contribution is -2.35. The van der Waals surface area contributed by atoms with Gasteiger partial charge in [0.1, 0.15) is 28.3 Å². The molecule has 0 atom stereocenters. The van der Waals surface area contributed by atoms with Gasteiger partial charge in [-0.15, -0.1) is 0 Å². The van der Waals surface area contributed by atoms with Crippen LogP contribution >= 0.6 is 7.14 Å². The Morgan fingerprint density at radius 1 is 0.425 bits per heavy atom. The van der Waals surface area contributed by atoms with Gasteiger partial charge in [-0.05, 0) is 67.7 Å². The number of rotatable bonds is 1. The fraction of sp³-hybridized carbons (Fsp3) is 0. The molecule has 0 radical (unpaired) electrons. The third-order valence-electron chi connectivity index (χ3n) is 8.25. The zero-order valence-corrected chi connectivity index (χ0v) is 22.2. The number of ether oxygens (including phenoxy) is 2. The maximum absolute atomic E-state index is 16.1. The van der Waals surface area contributed by atoms with Gasteiger partial charge in [-0.3, -0.25) is 0 Å². The zero-order chi connectivity index (χ0) is 26.4. The molecule has 9 rings (SSSR count). The molecule has 40 heavy (non-hydrogen) atoms. The van der Waals surface area contributed by atoms with E-state index in [0.717, 1.165) is 54.1 Å². The summed E-state index contributed by atoms with van der Waals surface area (Å²) >= 11 is 0. The van der Waals surface area contributed by atoms with Crippen molar-refractivity contribution in [1.29, 1.82) is 0 Å². The van der Waals surface area contributed by atoms with Crippen molar-refractivity contribution in [3.05, 3.63) is 127 Å². The van der Waals surface area contributed by atoms with Crippen LogP contribution in [-0.4, -0.2) is 0 Å². The molecule has 188 valence electrons. The monoisotopic (exact) mass is 532 g/mol. The molecule has 3 nitrogen and oxygen atoms in total. The van der Waals surface area contributed by atoms with Crippen LogP contribution in [0.1, 0.15) is 0 Å². The highest BCUT2D eigenvalue weighted by atomic mass is 31.2. The predicted octanol–water partition coefficient (Wildman–Crippen LogP) is 8.66. The van der Waals surface area contributed by atoms with E-state index >= 15 is 4.57 Å². The van der Waals surface area contributed by atoms with Crippen molar-refractivity contribution in [2.24, 2.45) is 0 Å². The van der Waals surface area contributed by atoms with Gasteiger partial charge in [0.2, 0.25) is 0 Å². The second-order valence-electron chi connectivity index (χ2n) is 10.4. The smallest absolute Gasteiger partial charge is 0.186 e. The molecule has 2 aliphatic rings. The van der Waals surface area contributed by atoms with E-state index < -0.39 is 7.14 Å². The average Bonchev–Trinajstić information content (AvgIpc) is 3.00. The van der Waals surface area contributed by atoms with Gasteiger partial charge in [-0.1, -0.05) is 103 Å². The average molecular weight is 533 g/mol. The molecule has 0 saturated carbocycles. The predicted molar refractivity (Wildman–Crippen MR) is 164 cm³/mol. The SMILES string of the molecule is O=P12c3c(cc(-c4cccc5ccccc45)cc3Oc3ccc4ccccc4c31)Oc1ccc3ccccc3c12. The summed E-state index contributed by atoms with van der Waals surface area (Å²) in [6, 6.07) is 43.0. The van der Waals surface area contributed by atoms with Crippen LogP contribution in [0.3, 0.4) is 0 Å². The molecule has 2 heterocycles. The Bertz CT molecular complexity index is 2150. The van der Waals surface area contributed by atoms with Crippen LogP contribution < -0.4 is 25.4 Å². The van der Waals surface area contributed by atoms with Gasteiger partial charge in [0.25, 0.3) is 0 Å². The quantitative estimate of drug-likeness (QED) is 0.199. The molecule has 0 unspecified atom stereocenters. The van der Waals surface area contributed by atoms with Crippen LogP contribution in [-0.2, 0) is 4.57 Å². The van der Waals surface area contributed by atoms with Crippen LogP contribution in [0, 0.1) is 0 Å². The van der Waals surface area contributed by atoms with Crippen molar-refractivity contribution in [1.82, 2.24) is 0 Å². The van der Waals surface area contributed by atoms with Crippen LogP contribution in [0.2, 0.25) is 0 Å². The van der Waals surface area contributed by atoms with Gasteiger partial charge in [0.15, 0.2) is 7.14 Å². The van der Waals surface area contributed by atoms with E-state index in [0.29, 0.717) is 28.3 Å². The van der Waals surface area contributed by atoms with Gasteiger partial charge in [-0.2, -0.15) is 0 Å². The summed E-state index contributed by atoms with van der Waals surface area (Å²) < 4.78 is 29.4. The Morgan fingerprint density at radius 2 is 0.900 bits per heavy atom. The molecule has 7 aromatic carbocycles. The molecule has 0 aliphatic carbocycles. The summed E-state index contributed by atoms with van der Waals surface area (Å²) in [5, 5.41) is 8.40. The Kier molecular flexibility index (Phi) is 4.32. The lowest BCUT2D eigenvalue weighted by molar-refractivity contribution is 0.463. The second-order valence-corrected chi connectivity index (χ2v) is 13.0. The molecule has 0 spiro atoms. The maximum atomic E-state index is 16.1. The maximum Gasteiger partial charge on any atom is 0.186 e. The van der Waals surface area contributed by atoms with Crippen molar-refractivity contribution in [2.75, 3.05) is 0 Å². The number of hydrogen-bond acceptors (Lipinski definition) is 3. The fourth-order valence-corrected chi connectivity index (χ4v) is 10.00. The Labute approximate surface area is 230 Å². The van der Waals surface area contributed by atoms with Crippen molar-refractivity contribution in [3.63, 3.8) is 0 Å². The van der Waals surface area contributed by atoms with Crippen LogP contribution in [0.25, 0.3) is 43.4 Å². The van der Waals surface area contributed by atoms with E-state index in [2.05, 4.69) is 48.5 Å². The topological polar surface area (TPSA) is 35.5 Å². The molecule has 0 saturated heterocycles. The first-order valence-corrected chi connectivity index (χ1v) is 15.1. The largest absolute Gasteiger partial charge is 0.456 e. The van der Waals surface area contributed by atoms with E-state index in [1.807, 2.05) is 78.9 Å². The molecular formula is C36H21O3P. The Balaban J connectivity index is 1.42. The van der Waals surface area contributed by atoms with Crippen molar-refractivity contribution in [2.45, 2.75) is 0 Å². The van der Waals surface area contributed by atoms with Crippen molar-refractivity contribution in [3.8, 4) is 34.1 Å². The van der Waals surface area contributed by atoms with Crippen LogP contribution in [0.15, 0.2) is 127 Å². The fourth-order valence-electron chi connectivity index (χ4n) is 6.54. The zero-order valence-electron chi connectivity index (χ0n) is 21.3. The van der Waals surface area contributed by atoms with E-state index in [1.165, 1.54) is 0 Å². The van der Waals surface area contributed by atoms with E-state index in [1.54, 1.807) is 0 Å². The molecule has 0 aromatic heterocycles. The minimum Gasteiger partial charge on any atom is -0.456 e. The van der Waals surface area contributed by atoms with E-state index in [4.69, 9.17) is 9.47 Å². The summed E-state index contributed by atoms with van der Waals surface area (Å²) in [5.74, 6) is 2.45. The third kappa shape index (κ3) is 2.82. The summed E-state index contributed by atoms with van der Waals surface area (Å²) in [4.78, 5) is 0. The first kappa shape index (κ1) is 22.0. The molecular weight excluding hydrogens is 511 g/mol. The summed E-state index contributed by atoms with van der Waals surface area (Å²) in [7, 11) is -3.42. The highest BCUT2D eigenvalue weighted by Crippen LogP contribution is 2.61. The normalized spacial score (nSPS) is 14.2. The molecule has 7 aromatic rings. The molecule has 0 N–H and O–H groups in total. The molecule has 0 fully saturated rings. The highest BCUT2D eigenvalue weighted by Gasteiger charge is 2.48.